The first-order valence-electron chi connectivity index (χ1n) is 8.04. The summed E-state index contributed by atoms with van der Waals surface area (Å²) in [6, 6.07) is 7.68. The summed E-state index contributed by atoms with van der Waals surface area (Å²) in [5, 5.41) is 0.672. The molecule has 2 nitrogen and oxygen atoms in total. The monoisotopic (exact) mass is 307 g/mol. The van der Waals surface area contributed by atoms with Crippen molar-refractivity contribution in [2.75, 3.05) is 7.05 Å². The number of halogens is 1. The minimum Gasteiger partial charge on any atom is -0.294 e. The van der Waals surface area contributed by atoms with E-state index in [1.807, 2.05) is 19.1 Å². The zero-order valence-electron chi connectivity index (χ0n) is 13.3. The number of hydrogen-bond donors (Lipinski definition) is 0. The second-order valence-corrected chi connectivity index (χ2v) is 6.73. The molecule has 0 bridgehead atoms. The first-order valence-corrected chi connectivity index (χ1v) is 8.42. The van der Waals surface area contributed by atoms with Crippen LogP contribution in [0.25, 0.3) is 0 Å². The second-order valence-electron chi connectivity index (χ2n) is 6.30. The molecule has 116 valence electrons. The fourth-order valence-electron chi connectivity index (χ4n) is 3.32. The van der Waals surface area contributed by atoms with Crippen LogP contribution < -0.4 is 0 Å². The quantitative estimate of drug-likeness (QED) is 0.727. The average Bonchev–Trinajstić information content (AvgIpc) is 2.53. The van der Waals surface area contributed by atoms with E-state index in [0.29, 0.717) is 11.1 Å². The number of hydrogen-bond acceptors (Lipinski definition) is 2. The van der Waals surface area contributed by atoms with Crippen LogP contribution >= 0.6 is 11.6 Å². The van der Waals surface area contributed by atoms with Crippen molar-refractivity contribution in [3.8, 4) is 0 Å². The van der Waals surface area contributed by atoms with Gasteiger partial charge in [-0.05, 0) is 69.8 Å². The number of benzene rings is 1. The number of likely N-dealkylation sites (N-methyl/N-ethyl adjacent to an activating group) is 1. The summed E-state index contributed by atoms with van der Waals surface area (Å²) in [4.78, 5) is 14.8. The van der Waals surface area contributed by atoms with E-state index in [9.17, 15) is 4.79 Å². The van der Waals surface area contributed by atoms with Crippen LogP contribution in [0.1, 0.15) is 56.3 Å². The lowest BCUT2D eigenvalue weighted by atomic mass is 9.83. The molecule has 1 atom stereocenters. The van der Waals surface area contributed by atoms with E-state index >= 15 is 0 Å². The predicted molar refractivity (Wildman–Crippen MR) is 89.0 cm³/mol. The minimum atomic E-state index is -0.0747. The standard InChI is InChI=1S/C18H26ClNO/c1-4-14-5-11-17(12-6-14)20(3)13(2)18(21)15-7-9-16(19)10-8-15/h7-10,13-14,17H,4-6,11-12H2,1-3H3. The Morgan fingerprint density at radius 1 is 1.24 bits per heavy atom. The van der Waals surface area contributed by atoms with Crippen LogP contribution in [0.5, 0.6) is 0 Å². The molecule has 0 N–H and O–H groups in total. The Morgan fingerprint density at radius 3 is 2.33 bits per heavy atom. The van der Waals surface area contributed by atoms with E-state index in [-0.39, 0.29) is 11.8 Å². The van der Waals surface area contributed by atoms with E-state index in [4.69, 9.17) is 11.6 Å². The summed E-state index contributed by atoms with van der Waals surface area (Å²) >= 11 is 5.89. The highest BCUT2D eigenvalue weighted by atomic mass is 35.5. The van der Waals surface area contributed by atoms with Crippen LogP contribution in [-0.2, 0) is 0 Å². The number of carbonyl (C=O) groups is 1. The van der Waals surface area contributed by atoms with Crippen LogP contribution in [0.4, 0.5) is 0 Å². The Morgan fingerprint density at radius 2 is 1.81 bits per heavy atom. The van der Waals surface area contributed by atoms with Gasteiger partial charge in [-0.3, -0.25) is 9.69 Å². The lowest BCUT2D eigenvalue weighted by Crippen LogP contribution is -2.44. The van der Waals surface area contributed by atoms with Gasteiger partial charge in [-0.2, -0.15) is 0 Å². The van der Waals surface area contributed by atoms with Gasteiger partial charge in [-0.1, -0.05) is 24.9 Å². The average molecular weight is 308 g/mol. The highest BCUT2D eigenvalue weighted by Gasteiger charge is 2.28. The molecule has 2 rings (SSSR count). The van der Waals surface area contributed by atoms with Crippen molar-refractivity contribution >= 4 is 17.4 Å². The van der Waals surface area contributed by atoms with Crippen molar-refractivity contribution < 1.29 is 4.79 Å². The molecule has 0 amide bonds. The summed E-state index contributed by atoms with van der Waals surface area (Å²) in [7, 11) is 2.09. The maximum Gasteiger partial charge on any atom is 0.179 e. The van der Waals surface area contributed by atoms with Crippen molar-refractivity contribution in [3.63, 3.8) is 0 Å². The molecule has 3 heteroatoms. The normalized spacial score (nSPS) is 24.0. The number of Topliss-reactive ketones (excluding diaryl/α,β-unsaturated/α-hetero) is 1. The smallest absolute Gasteiger partial charge is 0.179 e. The van der Waals surface area contributed by atoms with E-state index in [0.717, 1.165) is 11.5 Å². The molecule has 21 heavy (non-hydrogen) atoms. The van der Waals surface area contributed by atoms with E-state index in [1.54, 1.807) is 12.1 Å². The van der Waals surface area contributed by atoms with Crippen LogP contribution in [0.15, 0.2) is 24.3 Å². The van der Waals surface area contributed by atoms with Crippen LogP contribution in [0, 0.1) is 5.92 Å². The molecule has 1 aromatic rings. The molecule has 0 aliphatic heterocycles. The van der Waals surface area contributed by atoms with E-state index in [2.05, 4.69) is 18.9 Å². The summed E-state index contributed by atoms with van der Waals surface area (Å²) in [5.41, 5.74) is 0.751. The molecule has 1 aromatic carbocycles. The number of carbonyl (C=O) groups excluding carboxylic acids is 1. The summed E-state index contributed by atoms with van der Waals surface area (Å²) in [6.07, 6.45) is 6.32. The molecule has 0 heterocycles. The molecule has 1 unspecified atom stereocenters. The molecule has 0 spiro atoms. The second kappa shape index (κ2) is 7.42. The largest absolute Gasteiger partial charge is 0.294 e. The van der Waals surface area contributed by atoms with Crippen LogP contribution in [-0.4, -0.2) is 29.8 Å². The summed E-state index contributed by atoms with van der Waals surface area (Å²) in [6.45, 7) is 4.30. The molecule has 1 fully saturated rings. The van der Waals surface area contributed by atoms with Gasteiger partial charge in [-0.25, -0.2) is 0 Å². The van der Waals surface area contributed by atoms with Gasteiger partial charge in [0, 0.05) is 16.6 Å². The highest BCUT2D eigenvalue weighted by Crippen LogP contribution is 2.30. The zero-order valence-corrected chi connectivity index (χ0v) is 14.1. The fraction of sp³-hybridized carbons (Fsp3) is 0.611. The third-order valence-corrected chi connectivity index (χ3v) is 5.34. The number of nitrogens with zero attached hydrogens (tertiary/aromatic N) is 1. The van der Waals surface area contributed by atoms with Crippen LogP contribution in [0.2, 0.25) is 5.02 Å². The minimum absolute atomic E-state index is 0.0747. The maximum absolute atomic E-state index is 12.6. The molecular formula is C18H26ClNO. The summed E-state index contributed by atoms with van der Waals surface area (Å²) in [5.74, 6) is 1.07. The van der Waals surface area contributed by atoms with Crippen molar-refractivity contribution in [1.82, 2.24) is 4.90 Å². The van der Waals surface area contributed by atoms with Gasteiger partial charge in [0.15, 0.2) is 5.78 Å². The van der Waals surface area contributed by atoms with Crippen molar-refractivity contribution in [1.29, 1.82) is 0 Å². The number of ketones is 1. The van der Waals surface area contributed by atoms with Gasteiger partial charge in [0.25, 0.3) is 0 Å². The SMILES string of the molecule is CCC1CCC(N(C)C(C)C(=O)c2ccc(Cl)cc2)CC1. The lowest BCUT2D eigenvalue weighted by molar-refractivity contribution is 0.0752. The van der Waals surface area contributed by atoms with Crippen molar-refractivity contribution in [2.45, 2.75) is 58.0 Å². The molecule has 1 saturated carbocycles. The Balaban J connectivity index is 1.97. The molecule has 0 aromatic heterocycles. The highest BCUT2D eigenvalue weighted by molar-refractivity contribution is 6.30. The van der Waals surface area contributed by atoms with Crippen molar-refractivity contribution in [2.24, 2.45) is 5.92 Å². The Labute approximate surface area is 133 Å². The molecular weight excluding hydrogens is 282 g/mol. The molecule has 0 radical (unpaired) electrons. The molecule has 1 aliphatic carbocycles. The first-order chi connectivity index (χ1) is 10.0. The predicted octanol–water partition coefficient (Wildman–Crippen LogP) is 4.81. The van der Waals surface area contributed by atoms with Crippen molar-refractivity contribution in [3.05, 3.63) is 34.9 Å². The third-order valence-electron chi connectivity index (χ3n) is 5.09. The lowest BCUT2D eigenvalue weighted by Gasteiger charge is -2.37. The maximum atomic E-state index is 12.6. The van der Waals surface area contributed by atoms with Gasteiger partial charge in [0.2, 0.25) is 0 Å². The van der Waals surface area contributed by atoms with E-state index < -0.39 is 0 Å². The topological polar surface area (TPSA) is 20.3 Å². The van der Waals surface area contributed by atoms with Gasteiger partial charge in [0.05, 0.1) is 6.04 Å². The summed E-state index contributed by atoms with van der Waals surface area (Å²) < 4.78 is 0. The Hall–Kier alpha value is -0.860. The van der Waals surface area contributed by atoms with Gasteiger partial charge >= 0.3 is 0 Å². The van der Waals surface area contributed by atoms with Crippen LogP contribution in [0.3, 0.4) is 0 Å². The molecule has 0 saturated heterocycles. The zero-order chi connectivity index (χ0) is 15.4. The fourth-order valence-corrected chi connectivity index (χ4v) is 3.44. The van der Waals surface area contributed by atoms with Gasteiger partial charge in [0.1, 0.15) is 0 Å². The molecule has 1 aliphatic rings. The van der Waals surface area contributed by atoms with Gasteiger partial charge < -0.3 is 0 Å². The number of rotatable bonds is 5. The Bertz CT molecular complexity index is 463. The first kappa shape index (κ1) is 16.5. The Kier molecular flexibility index (Phi) is 5.83. The van der Waals surface area contributed by atoms with Gasteiger partial charge in [-0.15, -0.1) is 0 Å². The third kappa shape index (κ3) is 4.08. The van der Waals surface area contributed by atoms with E-state index in [1.165, 1.54) is 32.1 Å².